The van der Waals surface area contributed by atoms with Gasteiger partial charge < -0.3 is 18.6 Å². The minimum Gasteiger partial charge on any atom is -0.459 e. The Morgan fingerprint density at radius 2 is 2.18 bits per heavy atom. The van der Waals surface area contributed by atoms with Gasteiger partial charge in [0, 0.05) is 26.2 Å². The quantitative estimate of drug-likeness (QED) is 0.801. The number of carbonyl (C=O) groups excluding carboxylic acids is 1. The van der Waals surface area contributed by atoms with Crippen LogP contribution in [0.25, 0.3) is 11.7 Å². The molecule has 112 valence electrons. The molecule has 3 rings (SSSR count). The Morgan fingerprint density at radius 3 is 2.77 bits per heavy atom. The Labute approximate surface area is 127 Å². The zero-order valence-electron chi connectivity index (χ0n) is 11.9. The molecule has 0 bridgehead atoms. The number of anilines is 1. The number of piperazine rings is 1. The molecule has 2 aromatic rings. The Hall–Kier alpha value is -3.01. The van der Waals surface area contributed by atoms with E-state index >= 15 is 0 Å². The summed E-state index contributed by atoms with van der Waals surface area (Å²) in [5.41, 5.74) is 0.217. The van der Waals surface area contributed by atoms with Crippen molar-refractivity contribution in [2.45, 2.75) is 0 Å². The smallest absolute Gasteiger partial charge is 0.266 e. The number of carbonyl (C=O) groups is 1. The number of furan rings is 1. The molecular weight excluding hydrogens is 284 g/mol. The van der Waals surface area contributed by atoms with Crippen molar-refractivity contribution in [2.24, 2.45) is 0 Å². The van der Waals surface area contributed by atoms with Crippen LogP contribution in [0.3, 0.4) is 0 Å². The summed E-state index contributed by atoms with van der Waals surface area (Å²) in [6, 6.07) is 5.48. The predicted molar refractivity (Wildman–Crippen MR) is 77.9 cm³/mol. The molecule has 0 unspecified atom stereocenters. The molecule has 1 aliphatic heterocycles. The molecule has 1 fully saturated rings. The maximum atomic E-state index is 11.6. The lowest BCUT2D eigenvalue weighted by atomic mass is 10.3. The third-order valence-electron chi connectivity index (χ3n) is 3.50. The van der Waals surface area contributed by atoms with Gasteiger partial charge in [-0.15, -0.1) is 0 Å². The van der Waals surface area contributed by atoms with E-state index in [9.17, 15) is 10.1 Å². The monoisotopic (exact) mass is 298 g/mol. The van der Waals surface area contributed by atoms with E-state index < -0.39 is 0 Å². The van der Waals surface area contributed by atoms with Crippen LogP contribution in [0.1, 0.15) is 5.69 Å². The standard InChI is InChI=1S/C15H14N4O3/c1-2-13(20)18-5-7-19(8-6-18)15-11(10-16)17-14(22-15)12-4-3-9-21-12/h2-4,9H,1,5-8H2. The van der Waals surface area contributed by atoms with Crippen molar-refractivity contribution in [3.8, 4) is 17.7 Å². The number of nitriles is 1. The maximum absolute atomic E-state index is 11.6. The SMILES string of the molecule is C=CC(=O)N1CCN(c2oc(-c3ccco3)nc2C#N)CC1. The summed E-state index contributed by atoms with van der Waals surface area (Å²) in [4.78, 5) is 19.4. The third kappa shape index (κ3) is 2.46. The molecule has 0 aliphatic carbocycles. The molecule has 0 aromatic carbocycles. The lowest BCUT2D eigenvalue weighted by Gasteiger charge is -2.33. The van der Waals surface area contributed by atoms with Crippen molar-refractivity contribution in [3.05, 3.63) is 36.7 Å². The summed E-state index contributed by atoms with van der Waals surface area (Å²) in [5.74, 6) is 1.08. The van der Waals surface area contributed by atoms with Gasteiger partial charge in [-0.2, -0.15) is 10.2 Å². The molecule has 7 heteroatoms. The summed E-state index contributed by atoms with van der Waals surface area (Å²) >= 11 is 0. The van der Waals surface area contributed by atoms with Crippen molar-refractivity contribution in [3.63, 3.8) is 0 Å². The highest BCUT2D eigenvalue weighted by atomic mass is 16.4. The van der Waals surface area contributed by atoms with E-state index in [4.69, 9.17) is 8.83 Å². The molecule has 22 heavy (non-hydrogen) atoms. The van der Waals surface area contributed by atoms with Crippen molar-refractivity contribution >= 4 is 11.8 Å². The van der Waals surface area contributed by atoms with Crippen LogP contribution >= 0.6 is 0 Å². The number of amides is 1. The van der Waals surface area contributed by atoms with E-state index in [-0.39, 0.29) is 17.5 Å². The average molecular weight is 298 g/mol. The van der Waals surface area contributed by atoms with Crippen LogP contribution in [0.2, 0.25) is 0 Å². The number of hydrogen-bond donors (Lipinski definition) is 0. The lowest BCUT2D eigenvalue weighted by molar-refractivity contribution is -0.126. The predicted octanol–water partition coefficient (Wildman–Crippen LogP) is 1.64. The first-order valence-electron chi connectivity index (χ1n) is 6.84. The first kappa shape index (κ1) is 13.9. The van der Waals surface area contributed by atoms with Gasteiger partial charge >= 0.3 is 0 Å². The van der Waals surface area contributed by atoms with E-state index in [1.165, 1.54) is 12.3 Å². The number of oxazole rings is 1. The van der Waals surface area contributed by atoms with Crippen LogP contribution in [0.15, 0.2) is 39.9 Å². The number of hydrogen-bond acceptors (Lipinski definition) is 6. The molecule has 0 N–H and O–H groups in total. The van der Waals surface area contributed by atoms with Crippen LogP contribution in [-0.2, 0) is 4.79 Å². The molecular formula is C15H14N4O3. The summed E-state index contributed by atoms with van der Waals surface area (Å²) in [6.45, 7) is 5.72. The fraction of sp³-hybridized carbons (Fsp3) is 0.267. The molecule has 7 nitrogen and oxygen atoms in total. The Bertz CT molecular complexity index is 719. The van der Waals surface area contributed by atoms with Crippen molar-refractivity contribution in [2.75, 3.05) is 31.1 Å². The first-order chi connectivity index (χ1) is 10.7. The second kappa shape index (κ2) is 5.77. The molecule has 2 aromatic heterocycles. The summed E-state index contributed by atoms with van der Waals surface area (Å²) < 4.78 is 10.9. The van der Waals surface area contributed by atoms with Crippen molar-refractivity contribution in [1.82, 2.24) is 9.88 Å². The van der Waals surface area contributed by atoms with E-state index in [1.807, 2.05) is 11.0 Å². The van der Waals surface area contributed by atoms with Gasteiger partial charge in [0.2, 0.25) is 17.5 Å². The fourth-order valence-electron chi connectivity index (χ4n) is 2.36. The zero-order chi connectivity index (χ0) is 15.5. The first-order valence-corrected chi connectivity index (χ1v) is 6.84. The second-order valence-electron chi connectivity index (χ2n) is 4.78. The van der Waals surface area contributed by atoms with Gasteiger partial charge in [-0.05, 0) is 18.2 Å². The molecule has 1 amide bonds. The second-order valence-corrected chi connectivity index (χ2v) is 4.78. The van der Waals surface area contributed by atoms with E-state index in [1.54, 1.807) is 17.0 Å². The van der Waals surface area contributed by atoms with Gasteiger partial charge in [-0.1, -0.05) is 6.58 Å². The van der Waals surface area contributed by atoms with Crippen molar-refractivity contribution < 1.29 is 13.6 Å². The Balaban J connectivity index is 1.80. The van der Waals surface area contributed by atoms with Crippen LogP contribution in [-0.4, -0.2) is 42.0 Å². The number of nitrogens with zero attached hydrogens (tertiary/aromatic N) is 4. The summed E-state index contributed by atoms with van der Waals surface area (Å²) in [6.07, 6.45) is 2.82. The van der Waals surface area contributed by atoms with Crippen LogP contribution < -0.4 is 4.90 Å². The third-order valence-corrected chi connectivity index (χ3v) is 3.50. The topological polar surface area (TPSA) is 86.5 Å². The largest absolute Gasteiger partial charge is 0.459 e. The lowest BCUT2D eigenvalue weighted by Crippen LogP contribution is -2.48. The van der Waals surface area contributed by atoms with Gasteiger partial charge in [0.05, 0.1) is 6.26 Å². The molecule has 0 radical (unpaired) electrons. The van der Waals surface area contributed by atoms with Gasteiger partial charge in [-0.25, -0.2) is 0 Å². The van der Waals surface area contributed by atoms with Gasteiger partial charge in [-0.3, -0.25) is 4.79 Å². The molecule has 1 aliphatic rings. The van der Waals surface area contributed by atoms with E-state index in [0.717, 1.165) is 0 Å². The molecule has 1 saturated heterocycles. The fourth-order valence-corrected chi connectivity index (χ4v) is 2.36. The highest BCUT2D eigenvalue weighted by Crippen LogP contribution is 2.28. The maximum Gasteiger partial charge on any atom is 0.266 e. The summed E-state index contributed by atoms with van der Waals surface area (Å²) in [5, 5.41) is 9.23. The minimum absolute atomic E-state index is 0.0889. The summed E-state index contributed by atoms with van der Waals surface area (Å²) in [7, 11) is 0. The Morgan fingerprint density at radius 1 is 1.41 bits per heavy atom. The van der Waals surface area contributed by atoms with Crippen LogP contribution in [0, 0.1) is 11.3 Å². The van der Waals surface area contributed by atoms with Crippen molar-refractivity contribution in [1.29, 1.82) is 5.26 Å². The van der Waals surface area contributed by atoms with Gasteiger partial charge in [0.15, 0.2) is 5.76 Å². The Kier molecular flexibility index (Phi) is 3.66. The highest BCUT2D eigenvalue weighted by Gasteiger charge is 2.26. The van der Waals surface area contributed by atoms with E-state index in [0.29, 0.717) is 37.8 Å². The van der Waals surface area contributed by atoms with Gasteiger partial charge in [0.25, 0.3) is 5.89 Å². The normalized spacial score (nSPS) is 14.7. The zero-order valence-corrected chi connectivity index (χ0v) is 11.9. The molecule has 3 heterocycles. The van der Waals surface area contributed by atoms with Gasteiger partial charge in [0.1, 0.15) is 6.07 Å². The molecule has 0 spiro atoms. The highest BCUT2D eigenvalue weighted by molar-refractivity contribution is 5.87. The van der Waals surface area contributed by atoms with E-state index in [2.05, 4.69) is 11.6 Å². The molecule has 0 atom stereocenters. The number of aromatic nitrogens is 1. The minimum atomic E-state index is -0.0889. The van der Waals surface area contributed by atoms with Crippen LogP contribution in [0.5, 0.6) is 0 Å². The number of rotatable bonds is 3. The molecule has 0 saturated carbocycles. The average Bonchev–Trinajstić information content (AvgIpc) is 3.23. The van der Waals surface area contributed by atoms with Crippen LogP contribution in [0.4, 0.5) is 5.88 Å².